The van der Waals surface area contributed by atoms with Crippen LogP contribution in [0.5, 0.6) is 0 Å². The first-order valence-corrected chi connectivity index (χ1v) is 10.5. The number of hydrogen-bond donors (Lipinski definition) is 1. The monoisotopic (exact) mass is 404 g/mol. The first kappa shape index (κ1) is 23.0. The lowest BCUT2D eigenvalue weighted by atomic mass is 9.75. The average molecular weight is 405 g/mol. The molecule has 1 aliphatic carbocycles. The molecule has 2 amide bonds. The predicted octanol–water partition coefficient (Wildman–Crippen LogP) is 5.25. The van der Waals surface area contributed by atoms with E-state index in [4.69, 9.17) is 4.74 Å². The largest absolute Gasteiger partial charge is 0.465 e. The number of benzene rings is 1. The number of carbonyl (C=O) groups excluding carboxylic acids is 1. The highest BCUT2D eigenvalue weighted by Gasteiger charge is 2.40. The molecule has 0 radical (unpaired) electrons. The molecular weight excluding hydrogens is 368 g/mol. The van der Waals surface area contributed by atoms with Crippen LogP contribution in [0.25, 0.3) is 0 Å². The van der Waals surface area contributed by atoms with Gasteiger partial charge in [-0.3, -0.25) is 0 Å². The lowest BCUT2D eigenvalue weighted by molar-refractivity contribution is 0.0235. The molecule has 2 rings (SSSR count). The number of amides is 2. The summed E-state index contributed by atoms with van der Waals surface area (Å²) >= 11 is 0. The third kappa shape index (κ3) is 5.64. The van der Waals surface area contributed by atoms with Crippen molar-refractivity contribution >= 4 is 12.2 Å². The Morgan fingerprint density at radius 3 is 2.34 bits per heavy atom. The Morgan fingerprint density at radius 1 is 1.17 bits per heavy atom. The fraction of sp³-hybridized carbons (Fsp3) is 0.652. The van der Waals surface area contributed by atoms with Crippen molar-refractivity contribution in [3.05, 3.63) is 35.4 Å². The molecule has 0 bridgehead atoms. The van der Waals surface area contributed by atoms with Crippen LogP contribution in [-0.2, 0) is 16.7 Å². The summed E-state index contributed by atoms with van der Waals surface area (Å²) in [6.07, 6.45) is 4.33. The van der Waals surface area contributed by atoms with Gasteiger partial charge in [0.05, 0.1) is 5.54 Å². The van der Waals surface area contributed by atoms with Gasteiger partial charge in [0.1, 0.15) is 5.60 Å². The van der Waals surface area contributed by atoms with Gasteiger partial charge in [-0.1, -0.05) is 43.5 Å². The van der Waals surface area contributed by atoms with Gasteiger partial charge in [0.15, 0.2) is 0 Å². The van der Waals surface area contributed by atoms with Crippen molar-refractivity contribution in [1.82, 2.24) is 9.80 Å². The summed E-state index contributed by atoms with van der Waals surface area (Å²) in [5, 5.41) is 9.67. The van der Waals surface area contributed by atoms with Crippen LogP contribution >= 0.6 is 0 Å². The molecule has 162 valence electrons. The maximum Gasteiger partial charge on any atom is 0.410 e. The van der Waals surface area contributed by atoms with Crippen LogP contribution in [0.15, 0.2) is 24.3 Å². The minimum atomic E-state index is -0.893. The molecule has 1 aromatic rings. The van der Waals surface area contributed by atoms with E-state index < -0.39 is 17.2 Å². The van der Waals surface area contributed by atoms with Gasteiger partial charge < -0.3 is 19.6 Å². The number of nitrogens with zero attached hydrogens (tertiary/aromatic N) is 2. The van der Waals surface area contributed by atoms with Crippen LogP contribution in [0.1, 0.15) is 70.9 Å². The fourth-order valence-electron chi connectivity index (χ4n) is 4.12. The van der Waals surface area contributed by atoms with Crippen molar-refractivity contribution in [2.45, 2.75) is 83.4 Å². The zero-order valence-corrected chi connectivity index (χ0v) is 18.7. The molecule has 1 N–H and O–H groups in total. The van der Waals surface area contributed by atoms with E-state index in [0.29, 0.717) is 6.42 Å². The van der Waals surface area contributed by atoms with Gasteiger partial charge in [-0.15, -0.1) is 0 Å². The molecule has 29 heavy (non-hydrogen) atoms. The Balaban J connectivity index is 2.21. The summed E-state index contributed by atoms with van der Waals surface area (Å²) < 4.78 is 5.47. The lowest BCUT2D eigenvalue weighted by Gasteiger charge is -2.44. The van der Waals surface area contributed by atoms with Gasteiger partial charge in [0.2, 0.25) is 0 Å². The summed E-state index contributed by atoms with van der Waals surface area (Å²) in [6, 6.07) is 8.15. The Morgan fingerprint density at radius 2 is 1.79 bits per heavy atom. The zero-order chi connectivity index (χ0) is 21.8. The average Bonchev–Trinajstić information content (AvgIpc) is 2.66. The highest BCUT2D eigenvalue weighted by Crippen LogP contribution is 2.42. The highest BCUT2D eigenvalue weighted by molar-refractivity contribution is 5.68. The van der Waals surface area contributed by atoms with Crippen LogP contribution in [0.4, 0.5) is 9.59 Å². The van der Waals surface area contributed by atoms with Crippen molar-refractivity contribution in [2.24, 2.45) is 0 Å². The van der Waals surface area contributed by atoms with Crippen molar-refractivity contribution in [3.8, 4) is 0 Å². The number of likely N-dealkylation sites (N-methyl/N-ethyl adjacent to an activating group) is 1. The molecule has 1 fully saturated rings. The summed E-state index contributed by atoms with van der Waals surface area (Å²) in [7, 11) is 3.43. The third-order valence-corrected chi connectivity index (χ3v) is 5.95. The number of ether oxygens (including phenoxy) is 1. The minimum absolute atomic E-state index is 0.0420. The summed E-state index contributed by atoms with van der Waals surface area (Å²) in [5.41, 5.74) is 1.14. The zero-order valence-electron chi connectivity index (χ0n) is 18.7. The van der Waals surface area contributed by atoms with Crippen molar-refractivity contribution in [2.75, 3.05) is 14.1 Å². The lowest BCUT2D eigenvalue weighted by Crippen LogP contribution is -2.48. The van der Waals surface area contributed by atoms with Gasteiger partial charge in [0.25, 0.3) is 0 Å². The molecule has 6 heteroatoms. The van der Waals surface area contributed by atoms with E-state index >= 15 is 0 Å². The Kier molecular flexibility index (Phi) is 7.20. The Labute approximate surface area is 174 Å². The number of hydrogen-bond acceptors (Lipinski definition) is 3. The van der Waals surface area contributed by atoms with Crippen LogP contribution in [0.3, 0.4) is 0 Å². The van der Waals surface area contributed by atoms with E-state index in [0.717, 1.165) is 43.2 Å². The maximum absolute atomic E-state index is 12.4. The van der Waals surface area contributed by atoms with Crippen LogP contribution in [0.2, 0.25) is 0 Å². The maximum atomic E-state index is 12.4. The van der Waals surface area contributed by atoms with Crippen molar-refractivity contribution in [1.29, 1.82) is 0 Å². The molecule has 0 aliphatic heterocycles. The molecule has 1 saturated carbocycles. The molecule has 0 spiro atoms. The first-order valence-electron chi connectivity index (χ1n) is 10.5. The van der Waals surface area contributed by atoms with Gasteiger partial charge >= 0.3 is 12.2 Å². The molecule has 1 aromatic carbocycles. The first-order chi connectivity index (χ1) is 13.5. The van der Waals surface area contributed by atoms with E-state index in [2.05, 4.69) is 6.07 Å². The second-order valence-corrected chi connectivity index (χ2v) is 9.28. The molecule has 6 nitrogen and oxygen atoms in total. The van der Waals surface area contributed by atoms with E-state index in [1.54, 1.807) is 19.0 Å². The van der Waals surface area contributed by atoms with E-state index in [1.807, 2.05) is 45.9 Å². The third-order valence-electron chi connectivity index (χ3n) is 5.95. The van der Waals surface area contributed by atoms with Gasteiger partial charge in [-0.2, -0.15) is 0 Å². The summed E-state index contributed by atoms with van der Waals surface area (Å²) in [5.74, 6) is 0. The molecule has 0 aromatic heterocycles. The standard InChI is InChI=1S/C23H36N2O4/c1-17(24(5)21(28)29-22(2,3)4)15-18-11-10-12-19(16-18)23(25(6)20(26)27)13-8-7-9-14-23/h10-12,16-17H,7-9,13-15H2,1-6H3,(H,26,27)/t17-/m0/s1. The van der Waals surface area contributed by atoms with E-state index in [1.165, 1.54) is 4.90 Å². The van der Waals surface area contributed by atoms with Crippen LogP contribution in [0, 0.1) is 0 Å². The molecular formula is C23H36N2O4. The topological polar surface area (TPSA) is 70.1 Å². The quantitative estimate of drug-likeness (QED) is 0.727. The number of rotatable bonds is 5. The summed E-state index contributed by atoms with van der Waals surface area (Å²) in [6.45, 7) is 7.57. The smallest absolute Gasteiger partial charge is 0.410 e. The molecule has 1 atom stereocenters. The van der Waals surface area contributed by atoms with Crippen LogP contribution < -0.4 is 0 Å². The second kappa shape index (κ2) is 9.06. The Bertz CT molecular complexity index is 720. The SMILES string of the molecule is C[C@@H](Cc1cccc(C2(N(C)C(=O)O)CCCCC2)c1)N(C)C(=O)OC(C)(C)C. The van der Waals surface area contributed by atoms with Gasteiger partial charge in [-0.25, -0.2) is 9.59 Å². The second-order valence-electron chi connectivity index (χ2n) is 9.28. The minimum Gasteiger partial charge on any atom is -0.465 e. The van der Waals surface area contributed by atoms with Crippen LogP contribution in [-0.4, -0.2) is 52.8 Å². The normalized spacial score (nSPS) is 17.3. The predicted molar refractivity (Wildman–Crippen MR) is 114 cm³/mol. The molecule has 0 saturated heterocycles. The Hall–Kier alpha value is -2.24. The van der Waals surface area contributed by atoms with E-state index in [9.17, 15) is 14.7 Å². The highest BCUT2D eigenvalue weighted by atomic mass is 16.6. The van der Waals surface area contributed by atoms with Crippen molar-refractivity contribution < 1.29 is 19.4 Å². The number of carboxylic acid groups (broad SMARTS) is 1. The van der Waals surface area contributed by atoms with E-state index in [-0.39, 0.29) is 12.1 Å². The summed E-state index contributed by atoms with van der Waals surface area (Å²) in [4.78, 5) is 27.2. The van der Waals surface area contributed by atoms with Gasteiger partial charge in [-0.05, 0) is 58.1 Å². The molecule has 0 heterocycles. The fourth-order valence-corrected chi connectivity index (χ4v) is 4.12. The van der Waals surface area contributed by atoms with Gasteiger partial charge in [0, 0.05) is 20.1 Å². The van der Waals surface area contributed by atoms with Crippen molar-refractivity contribution in [3.63, 3.8) is 0 Å². The molecule has 1 aliphatic rings. The number of carbonyl (C=O) groups is 2. The molecule has 0 unspecified atom stereocenters.